The molecule has 0 atom stereocenters. The third-order valence-corrected chi connectivity index (χ3v) is 12.8. The summed E-state index contributed by atoms with van der Waals surface area (Å²) >= 11 is 0. The van der Waals surface area contributed by atoms with Gasteiger partial charge in [0.1, 0.15) is 17.3 Å². The number of para-hydroxylation sites is 8. The van der Waals surface area contributed by atoms with Crippen LogP contribution in [-0.2, 0) is 5.41 Å². The molecule has 0 unspecified atom stereocenters. The van der Waals surface area contributed by atoms with Gasteiger partial charge in [-0.15, -0.1) is 0 Å². The van der Waals surface area contributed by atoms with Gasteiger partial charge < -0.3 is 14.2 Å². The standard InChI is InChI=1S/C56H36N4O/c1-3-17-38(18-4-1)59-49-27-13-8-22-43(49)56(44-23-9-14-28-50(44)59)45-24-10-16-30-53(45)61-54-35-42-41-21-7-12-26-48(41)58(52(42)36-46(54)56)40-33-31-37(32-34-40)55-57-47-25-11-15-29-51(47)60(55)39-19-5-2-6-20-39/h1-36H. The first kappa shape index (κ1) is 33.8. The smallest absolute Gasteiger partial charge is 0.145 e. The lowest BCUT2D eigenvalue weighted by Crippen LogP contribution is -2.39. The molecule has 0 radical (unpaired) electrons. The van der Waals surface area contributed by atoms with Crippen LogP contribution in [0.4, 0.5) is 17.1 Å². The first-order valence-electron chi connectivity index (χ1n) is 20.8. The van der Waals surface area contributed by atoms with Gasteiger partial charge in [-0.1, -0.05) is 121 Å². The van der Waals surface area contributed by atoms with Crippen molar-refractivity contribution in [2.24, 2.45) is 0 Å². The van der Waals surface area contributed by atoms with Gasteiger partial charge in [0.05, 0.1) is 38.9 Å². The maximum atomic E-state index is 7.02. The quantitative estimate of drug-likeness (QED) is 0.178. The highest BCUT2D eigenvalue weighted by atomic mass is 16.5. The highest BCUT2D eigenvalue weighted by molar-refractivity contribution is 6.10. The molecule has 5 heteroatoms. The van der Waals surface area contributed by atoms with E-state index in [0.29, 0.717) is 0 Å². The number of anilines is 3. The fraction of sp³-hybridized carbons (Fsp3) is 0.0179. The average molecular weight is 781 g/mol. The van der Waals surface area contributed by atoms with Crippen LogP contribution in [0, 0.1) is 0 Å². The molecule has 0 bridgehead atoms. The predicted octanol–water partition coefficient (Wildman–Crippen LogP) is 14.1. The van der Waals surface area contributed by atoms with Crippen LogP contribution in [0.15, 0.2) is 218 Å². The summed E-state index contributed by atoms with van der Waals surface area (Å²) in [6.07, 6.45) is 0. The molecule has 61 heavy (non-hydrogen) atoms. The molecule has 0 amide bonds. The third-order valence-electron chi connectivity index (χ3n) is 12.8. The molecule has 0 aliphatic carbocycles. The van der Waals surface area contributed by atoms with Crippen molar-refractivity contribution in [1.82, 2.24) is 14.1 Å². The van der Waals surface area contributed by atoms with E-state index in [-0.39, 0.29) is 0 Å². The van der Waals surface area contributed by atoms with Gasteiger partial charge in [-0.25, -0.2) is 4.98 Å². The normalized spacial score (nSPS) is 13.5. The molecule has 0 N–H and O–H groups in total. The summed E-state index contributed by atoms with van der Waals surface area (Å²) in [5.41, 5.74) is 14.9. The largest absolute Gasteiger partial charge is 0.457 e. The van der Waals surface area contributed by atoms with E-state index in [2.05, 4.69) is 232 Å². The Morgan fingerprint density at radius 2 is 0.951 bits per heavy atom. The highest BCUT2D eigenvalue weighted by Gasteiger charge is 2.51. The highest BCUT2D eigenvalue weighted by Crippen LogP contribution is 2.63. The predicted molar refractivity (Wildman–Crippen MR) is 247 cm³/mol. The van der Waals surface area contributed by atoms with Crippen molar-refractivity contribution >= 4 is 49.9 Å². The number of imidazole rings is 1. The Morgan fingerprint density at radius 1 is 0.377 bits per heavy atom. The van der Waals surface area contributed by atoms with Gasteiger partial charge in [0.25, 0.3) is 0 Å². The van der Waals surface area contributed by atoms with E-state index in [1.807, 2.05) is 0 Å². The molecule has 2 aromatic heterocycles. The summed E-state index contributed by atoms with van der Waals surface area (Å²) in [4.78, 5) is 7.58. The zero-order valence-electron chi connectivity index (χ0n) is 33.0. The van der Waals surface area contributed by atoms with Gasteiger partial charge in [0, 0.05) is 44.5 Å². The SMILES string of the molecule is c1ccc(N2c3ccccc3C3(c4ccccc4Oc4cc5c6ccccc6n(-c6ccc(-c7nc8ccccc8n7-c7ccccc7)cc6)c5cc43)c3ccccc32)cc1. The van der Waals surface area contributed by atoms with Crippen molar-refractivity contribution in [3.05, 3.63) is 241 Å². The monoisotopic (exact) mass is 780 g/mol. The minimum atomic E-state index is -0.682. The second-order valence-electron chi connectivity index (χ2n) is 15.9. The lowest BCUT2D eigenvalue weighted by atomic mass is 9.61. The first-order valence-corrected chi connectivity index (χ1v) is 20.8. The van der Waals surface area contributed by atoms with Gasteiger partial charge in [0.15, 0.2) is 0 Å². The molecule has 2 aliphatic heterocycles. The van der Waals surface area contributed by atoms with Gasteiger partial charge in [-0.3, -0.25) is 4.57 Å². The molecule has 13 rings (SSSR count). The van der Waals surface area contributed by atoms with Crippen molar-refractivity contribution in [1.29, 1.82) is 0 Å². The second-order valence-corrected chi connectivity index (χ2v) is 15.9. The summed E-state index contributed by atoms with van der Waals surface area (Å²) in [6, 6.07) is 78.3. The van der Waals surface area contributed by atoms with Crippen molar-refractivity contribution < 1.29 is 4.74 Å². The summed E-state index contributed by atoms with van der Waals surface area (Å²) in [7, 11) is 0. The van der Waals surface area contributed by atoms with Gasteiger partial charge >= 0.3 is 0 Å². The maximum absolute atomic E-state index is 7.02. The topological polar surface area (TPSA) is 35.2 Å². The van der Waals surface area contributed by atoms with E-state index >= 15 is 0 Å². The second kappa shape index (κ2) is 12.9. The molecule has 2 aliphatic rings. The number of fused-ring (bicyclic) bond motifs is 12. The summed E-state index contributed by atoms with van der Waals surface area (Å²) in [6.45, 7) is 0. The van der Waals surface area contributed by atoms with Crippen molar-refractivity contribution in [2.75, 3.05) is 4.90 Å². The van der Waals surface area contributed by atoms with Crippen LogP contribution in [0.5, 0.6) is 11.5 Å². The van der Waals surface area contributed by atoms with E-state index < -0.39 is 5.41 Å². The van der Waals surface area contributed by atoms with Crippen LogP contribution in [-0.4, -0.2) is 14.1 Å². The van der Waals surface area contributed by atoms with Crippen LogP contribution in [0.1, 0.15) is 22.3 Å². The summed E-state index contributed by atoms with van der Waals surface area (Å²) < 4.78 is 11.7. The van der Waals surface area contributed by atoms with E-state index in [9.17, 15) is 0 Å². The molecule has 5 nitrogen and oxygen atoms in total. The molecular formula is C56H36N4O. The Balaban J connectivity index is 1.06. The van der Waals surface area contributed by atoms with Crippen LogP contribution >= 0.6 is 0 Å². The number of ether oxygens (including phenoxy) is 1. The van der Waals surface area contributed by atoms with E-state index in [4.69, 9.17) is 9.72 Å². The van der Waals surface area contributed by atoms with Crippen LogP contribution in [0.3, 0.4) is 0 Å². The molecule has 0 fully saturated rings. The third kappa shape index (κ3) is 4.74. The Morgan fingerprint density at radius 3 is 1.69 bits per heavy atom. The van der Waals surface area contributed by atoms with Crippen molar-refractivity contribution in [2.45, 2.75) is 5.41 Å². The fourth-order valence-corrected chi connectivity index (χ4v) is 10.3. The molecule has 11 aromatic rings. The minimum Gasteiger partial charge on any atom is -0.457 e. The Bertz CT molecular complexity index is 3460. The summed E-state index contributed by atoms with van der Waals surface area (Å²) in [5.74, 6) is 2.64. The van der Waals surface area contributed by atoms with Crippen LogP contribution < -0.4 is 9.64 Å². The van der Waals surface area contributed by atoms with Crippen molar-refractivity contribution in [3.63, 3.8) is 0 Å². The number of aromatic nitrogens is 3. The van der Waals surface area contributed by atoms with Gasteiger partial charge in [-0.05, 0) is 108 Å². The summed E-state index contributed by atoms with van der Waals surface area (Å²) in [5, 5.41) is 2.31. The van der Waals surface area contributed by atoms with Gasteiger partial charge in [0.2, 0.25) is 0 Å². The number of benzene rings is 9. The van der Waals surface area contributed by atoms with Crippen LogP contribution in [0.2, 0.25) is 0 Å². The number of hydrogen-bond acceptors (Lipinski definition) is 3. The Hall–Kier alpha value is -8.15. The molecule has 1 spiro atoms. The lowest BCUT2D eigenvalue weighted by molar-refractivity contribution is 0.435. The average Bonchev–Trinajstić information content (AvgIpc) is 3.87. The Labute approximate surface area is 352 Å². The Kier molecular flexibility index (Phi) is 7.16. The molecular weight excluding hydrogens is 745 g/mol. The van der Waals surface area contributed by atoms with E-state index in [1.165, 1.54) is 16.5 Å². The molecule has 4 heterocycles. The lowest BCUT2D eigenvalue weighted by Gasteiger charge is -2.48. The molecule has 0 saturated heterocycles. The number of nitrogens with zero attached hydrogens (tertiary/aromatic N) is 4. The molecule has 9 aromatic carbocycles. The maximum Gasteiger partial charge on any atom is 0.145 e. The van der Waals surface area contributed by atoms with E-state index in [0.717, 1.165) is 89.9 Å². The number of hydrogen-bond donors (Lipinski definition) is 0. The number of rotatable bonds is 4. The fourth-order valence-electron chi connectivity index (χ4n) is 10.3. The zero-order chi connectivity index (χ0) is 40.1. The minimum absolute atomic E-state index is 0.682. The van der Waals surface area contributed by atoms with Gasteiger partial charge in [-0.2, -0.15) is 0 Å². The van der Waals surface area contributed by atoms with Crippen molar-refractivity contribution in [3.8, 4) is 34.3 Å². The van der Waals surface area contributed by atoms with Crippen LogP contribution in [0.25, 0.3) is 55.6 Å². The first-order chi connectivity index (χ1) is 30.3. The molecule has 0 saturated carbocycles. The zero-order valence-corrected chi connectivity index (χ0v) is 33.0. The van der Waals surface area contributed by atoms with E-state index in [1.54, 1.807) is 0 Å². The molecule has 286 valence electrons.